The third-order valence-electron chi connectivity index (χ3n) is 3.22. The molecule has 2 rings (SSSR count). The monoisotopic (exact) mass is 235 g/mol. The summed E-state index contributed by atoms with van der Waals surface area (Å²) in [6.07, 6.45) is 3.16. The first-order valence-corrected chi connectivity index (χ1v) is 6.23. The van der Waals surface area contributed by atoms with Crippen molar-refractivity contribution in [2.45, 2.75) is 32.9 Å². The quantitative estimate of drug-likeness (QED) is 0.843. The van der Waals surface area contributed by atoms with Crippen molar-refractivity contribution >= 4 is 5.82 Å². The lowest BCUT2D eigenvalue weighted by atomic mass is 10.1. The van der Waals surface area contributed by atoms with E-state index >= 15 is 0 Å². The molecule has 0 radical (unpaired) electrons. The number of ether oxygens (including phenoxy) is 1. The molecule has 0 amide bonds. The molecule has 0 bridgehead atoms. The van der Waals surface area contributed by atoms with Gasteiger partial charge in [0.1, 0.15) is 5.82 Å². The van der Waals surface area contributed by atoms with Gasteiger partial charge in [-0.05, 0) is 31.9 Å². The largest absolute Gasteiger partial charge is 0.377 e. The van der Waals surface area contributed by atoms with E-state index in [9.17, 15) is 0 Å². The van der Waals surface area contributed by atoms with Crippen molar-refractivity contribution in [2.75, 3.05) is 24.6 Å². The van der Waals surface area contributed by atoms with Gasteiger partial charge in [-0.3, -0.25) is 0 Å². The number of nitrogens with zero attached hydrogens (tertiary/aromatic N) is 2. The summed E-state index contributed by atoms with van der Waals surface area (Å²) in [5.74, 6) is 1.03. The zero-order valence-electron chi connectivity index (χ0n) is 10.6. The summed E-state index contributed by atoms with van der Waals surface area (Å²) in [6.45, 7) is 7.46. The minimum Gasteiger partial charge on any atom is -0.377 e. The van der Waals surface area contributed by atoms with Gasteiger partial charge in [0.25, 0.3) is 0 Å². The number of aromatic nitrogens is 1. The lowest BCUT2D eigenvalue weighted by Crippen LogP contribution is -2.32. The molecule has 1 atom stereocenters. The van der Waals surface area contributed by atoms with Crippen LogP contribution in [0.1, 0.15) is 24.5 Å². The molecule has 2 N–H and O–H groups in total. The molecule has 1 aliphatic heterocycles. The smallest absolute Gasteiger partial charge is 0.133 e. The Hall–Kier alpha value is -1.13. The zero-order chi connectivity index (χ0) is 12.3. The van der Waals surface area contributed by atoms with Crippen LogP contribution in [0.3, 0.4) is 0 Å². The molecule has 1 fully saturated rings. The molecule has 1 aromatic rings. The summed E-state index contributed by atoms with van der Waals surface area (Å²) in [4.78, 5) is 6.80. The molecule has 94 valence electrons. The molecule has 17 heavy (non-hydrogen) atoms. The minimum atomic E-state index is 0.255. The molecule has 1 aromatic heterocycles. The Kier molecular flexibility index (Phi) is 3.97. The number of anilines is 1. The molecule has 2 heterocycles. The van der Waals surface area contributed by atoms with E-state index in [1.54, 1.807) is 0 Å². The highest BCUT2D eigenvalue weighted by molar-refractivity contribution is 5.50. The van der Waals surface area contributed by atoms with E-state index in [4.69, 9.17) is 10.5 Å². The summed E-state index contributed by atoms with van der Waals surface area (Å²) in [5.41, 5.74) is 8.21. The second kappa shape index (κ2) is 5.47. The van der Waals surface area contributed by atoms with Crippen LogP contribution in [-0.4, -0.2) is 30.8 Å². The normalized spacial score (nSPS) is 21.4. The van der Waals surface area contributed by atoms with Crippen LogP contribution in [0.5, 0.6) is 0 Å². The molecular weight excluding hydrogens is 214 g/mol. The van der Waals surface area contributed by atoms with Gasteiger partial charge in [0.15, 0.2) is 0 Å². The summed E-state index contributed by atoms with van der Waals surface area (Å²) >= 11 is 0. The van der Waals surface area contributed by atoms with Crippen molar-refractivity contribution in [3.8, 4) is 0 Å². The highest BCUT2D eigenvalue weighted by Crippen LogP contribution is 2.22. The first-order valence-electron chi connectivity index (χ1n) is 6.23. The van der Waals surface area contributed by atoms with Crippen molar-refractivity contribution < 1.29 is 4.74 Å². The maximum Gasteiger partial charge on any atom is 0.133 e. The second-order valence-corrected chi connectivity index (χ2v) is 4.62. The third-order valence-corrected chi connectivity index (χ3v) is 3.22. The second-order valence-electron chi connectivity index (χ2n) is 4.62. The Bertz CT molecular complexity index is 381. The summed E-state index contributed by atoms with van der Waals surface area (Å²) in [6, 6.07) is 2.02. The van der Waals surface area contributed by atoms with Crippen LogP contribution < -0.4 is 10.6 Å². The van der Waals surface area contributed by atoms with Gasteiger partial charge < -0.3 is 15.4 Å². The molecule has 0 aromatic carbocycles. The van der Waals surface area contributed by atoms with Gasteiger partial charge >= 0.3 is 0 Å². The molecule has 1 saturated heterocycles. The minimum absolute atomic E-state index is 0.255. The van der Waals surface area contributed by atoms with E-state index < -0.39 is 0 Å². The fraction of sp³-hybridized carbons (Fsp3) is 0.615. The van der Waals surface area contributed by atoms with E-state index in [0.29, 0.717) is 6.54 Å². The van der Waals surface area contributed by atoms with Crippen molar-refractivity contribution in [1.29, 1.82) is 0 Å². The number of hydrogen-bond acceptors (Lipinski definition) is 4. The molecule has 1 aliphatic rings. The fourth-order valence-corrected chi connectivity index (χ4v) is 2.29. The SMILES string of the molecule is Cc1ccnc(N2CCCOC(C)C2)c1CN. The van der Waals surface area contributed by atoms with Gasteiger partial charge in [0.2, 0.25) is 0 Å². The molecular formula is C13H21N3O. The van der Waals surface area contributed by atoms with E-state index in [2.05, 4.69) is 23.7 Å². The van der Waals surface area contributed by atoms with Gasteiger partial charge in [-0.2, -0.15) is 0 Å². The van der Waals surface area contributed by atoms with Crippen LogP contribution >= 0.6 is 0 Å². The number of pyridine rings is 1. The van der Waals surface area contributed by atoms with E-state index in [-0.39, 0.29) is 6.10 Å². The van der Waals surface area contributed by atoms with Crippen LogP contribution in [0, 0.1) is 6.92 Å². The highest BCUT2D eigenvalue weighted by Gasteiger charge is 2.19. The molecule has 1 unspecified atom stereocenters. The Morgan fingerprint density at radius 3 is 3.18 bits per heavy atom. The highest BCUT2D eigenvalue weighted by atomic mass is 16.5. The number of hydrogen-bond donors (Lipinski definition) is 1. The molecule has 4 nitrogen and oxygen atoms in total. The molecule has 0 saturated carbocycles. The van der Waals surface area contributed by atoms with Gasteiger partial charge in [0.05, 0.1) is 6.10 Å². The van der Waals surface area contributed by atoms with Gasteiger partial charge in [-0.15, -0.1) is 0 Å². The van der Waals surface area contributed by atoms with Gasteiger partial charge in [0, 0.05) is 38.0 Å². The summed E-state index contributed by atoms with van der Waals surface area (Å²) in [5, 5.41) is 0. The first-order chi connectivity index (χ1) is 8.22. The maximum absolute atomic E-state index is 5.83. The predicted molar refractivity (Wildman–Crippen MR) is 69.1 cm³/mol. The predicted octanol–water partition coefficient (Wildman–Crippen LogP) is 1.46. The Labute approximate surface area is 103 Å². The summed E-state index contributed by atoms with van der Waals surface area (Å²) < 4.78 is 5.66. The molecule has 0 aliphatic carbocycles. The third kappa shape index (κ3) is 2.76. The fourth-order valence-electron chi connectivity index (χ4n) is 2.29. The van der Waals surface area contributed by atoms with Crippen LogP contribution in [0.4, 0.5) is 5.82 Å². The van der Waals surface area contributed by atoms with Crippen molar-refractivity contribution in [2.24, 2.45) is 5.73 Å². The van der Waals surface area contributed by atoms with Crippen molar-refractivity contribution in [3.63, 3.8) is 0 Å². The van der Waals surface area contributed by atoms with E-state index in [1.807, 2.05) is 12.3 Å². The average Bonchev–Trinajstić information content (AvgIpc) is 2.53. The van der Waals surface area contributed by atoms with Crippen LogP contribution in [0.2, 0.25) is 0 Å². The van der Waals surface area contributed by atoms with Crippen molar-refractivity contribution in [3.05, 3.63) is 23.4 Å². The number of rotatable bonds is 2. The van der Waals surface area contributed by atoms with Crippen LogP contribution in [0.25, 0.3) is 0 Å². The van der Waals surface area contributed by atoms with E-state index in [1.165, 1.54) is 5.56 Å². The summed E-state index contributed by atoms with van der Waals surface area (Å²) in [7, 11) is 0. The van der Waals surface area contributed by atoms with Crippen molar-refractivity contribution in [1.82, 2.24) is 4.98 Å². The first kappa shape index (κ1) is 12.3. The average molecular weight is 235 g/mol. The Balaban J connectivity index is 2.28. The Morgan fingerprint density at radius 2 is 2.41 bits per heavy atom. The van der Waals surface area contributed by atoms with Gasteiger partial charge in [-0.1, -0.05) is 0 Å². The maximum atomic E-state index is 5.83. The van der Waals surface area contributed by atoms with Gasteiger partial charge in [-0.25, -0.2) is 4.98 Å². The van der Waals surface area contributed by atoms with Crippen LogP contribution in [-0.2, 0) is 11.3 Å². The lowest BCUT2D eigenvalue weighted by molar-refractivity contribution is 0.0820. The molecule has 0 spiro atoms. The topological polar surface area (TPSA) is 51.4 Å². The Morgan fingerprint density at radius 1 is 1.59 bits per heavy atom. The standard InChI is InChI=1S/C13H21N3O/c1-10-4-5-15-13(12(10)8-14)16-6-3-7-17-11(2)9-16/h4-5,11H,3,6-9,14H2,1-2H3. The van der Waals surface area contributed by atoms with E-state index in [0.717, 1.165) is 37.5 Å². The zero-order valence-corrected chi connectivity index (χ0v) is 10.6. The molecule has 4 heteroatoms. The number of aryl methyl sites for hydroxylation is 1. The van der Waals surface area contributed by atoms with Crippen LogP contribution in [0.15, 0.2) is 12.3 Å². The lowest BCUT2D eigenvalue weighted by Gasteiger charge is -2.25. The number of nitrogens with two attached hydrogens (primary N) is 1.